The molecule has 0 atom stereocenters. The van der Waals surface area contributed by atoms with Gasteiger partial charge in [0.15, 0.2) is 23.1 Å². The van der Waals surface area contributed by atoms with E-state index >= 15 is 4.39 Å². The predicted octanol–water partition coefficient (Wildman–Crippen LogP) is 6.07. The molecular formula is C25H17F5N6. The SMILES string of the molecule is Cc1nc2nc(-c3cccc(-c4cnn(C)c4)c3)nc(-c3ccc(C(F)(F)F)c(F)c3F)c2nc1C. The summed E-state index contributed by atoms with van der Waals surface area (Å²) in [6.45, 7) is 3.38. The van der Waals surface area contributed by atoms with Gasteiger partial charge in [-0.05, 0) is 37.6 Å². The van der Waals surface area contributed by atoms with E-state index in [1.165, 1.54) is 0 Å². The fraction of sp³-hybridized carbons (Fsp3) is 0.160. The molecule has 0 amide bonds. The summed E-state index contributed by atoms with van der Waals surface area (Å²) >= 11 is 0. The number of nitrogens with zero attached hydrogens (tertiary/aromatic N) is 6. The molecule has 0 saturated carbocycles. The monoisotopic (exact) mass is 496 g/mol. The third kappa shape index (κ3) is 4.06. The molecule has 182 valence electrons. The lowest BCUT2D eigenvalue weighted by Gasteiger charge is -2.13. The van der Waals surface area contributed by atoms with Crippen LogP contribution in [0.1, 0.15) is 17.0 Å². The molecule has 0 radical (unpaired) electrons. The van der Waals surface area contributed by atoms with E-state index in [1.807, 2.05) is 12.3 Å². The zero-order chi connectivity index (χ0) is 25.8. The van der Waals surface area contributed by atoms with E-state index in [-0.39, 0.29) is 22.7 Å². The Morgan fingerprint density at radius 2 is 1.53 bits per heavy atom. The van der Waals surface area contributed by atoms with Crippen molar-refractivity contribution < 1.29 is 22.0 Å². The van der Waals surface area contributed by atoms with Crippen LogP contribution in [0.4, 0.5) is 22.0 Å². The number of halogens is 5. The molecule has 5 rings (SSSR count). The molecule has 0 unspecified atom stereocenters. The highest BCUT2D eigenvalue weighted by atomic mass is 19.4. The molecule has 5 aromatic rings. The van der Waals surface area contributed by atoms with Crippen LogP contribution in [0, 0.1) is 25.5 Å². The molecule has 0 fully saturated rings. The Morgan fingerprint density at radius 3 is 2.22 bits per heavy atom. The Morgan fingerprint density at radius 1 is 0.806 bits per heavy atom. The van der Waals surface area contributed by atoms with E-state index < -0.39 is 28.9 Å². The average molecular weight is 496 g/mol. The number of benzene rings is 2. The molecule has 0 aliphatic carbocycles. The highest BCUT2D eigenvalue weighted by Gasteiger charge is 2.36. The second-order valence-electron chi connectivity index (χ2n) is 8.23. The number of hydrogen-bond acceptors (Lipinski definition) is 5. The number of rotatable bonds is 3. The van der Waals surface area contributed by atoms with Crippen LogP contribution in [-0.2, 0) is 13.2 Å². The first-order chi connectivity index (χ1) is 17.0. The molecule has 6 nitrogen and oxygen atoms in total. The van der Waals surface area contributed by atoms with Gasteiger partial charge in [-0.1, -0.05) is 18.2 Å². The van der Waals surface area contributed by atoms with Crippen molar-refractivity contribution in [2.45, 2.75) is 20.0 Å². The smallest absolute Gasteiger partial charge is 0.275 e. The predicted molar refractivity (Wildman–Crippen MR) is 123 cm³/mol. The summed E-state index contributed by atoms with van der Waals surface area (Å²) in [4.78, 5) is 17.7. The van der Waals surface area contributed by atoms with Crippen LogP contribution < -0.4 is 0 Å². The highest BCUT2D eigenvalue weighted by molar-refractivity contribution is 5.89. The summed E-state index contributed by atoms with van der Waals surface area (Å²) in [7, 11) is 1.78. The molecule has 2 aromatic carbocycles. The van der Waals surface area contributed by atoms with Crippen LogP contribution in [0.5, 0.6) is 0 Å². The van der Waals surface area contributed by atoms with E-state index in [9.17, 15) is 17.6 Å². The Labute approximate surface area is 201 Å². The Hall–Kier alpha value is -4.28. The minimum Gasteiger partial charge on any atom is -0.275 e. The summed E-state index contributed by atoms with van der Waals surface area (Å²) in [5.41, 5.74) is 1.03. The molecular weight excluding hydrogens is 479 g/mol. The third-order valence-electron chi connectivity index (χ3n) is 5.74. The lowest BCUT2D eigenvalue weighted by Crippen LogP contribution is -2.11. The molecule has 3 aromatic heterocycles. The molecule has 0 aliphatic rings. The van der Waals surface area contributed by atoms with Crippen LogP contribution in [-0.4, -0.2) is 29.7 Å². The van der Waals surface area contributed by atoms with Gasteiger partial charge in [-0.3, -0.25) is 4.68 Å². The first kappa shape index (κ1) is 23.5. The van der Waals surface area contributed by atoms with Gasteiger partial charge in [0.1, 0.15) is 11.2 Å². The van der Waals surface area contributed by atoms with Crippen molar-refractivity contribution in [3.05, 3.63) is 77.4 Å². The third-order valence-corrected chi connectivity index (χ3v) is 5.74. The van der Waals surface area contributed by atoms with E-state index in [4.69, 9.17) is 0 Å². The molecule has 0 spiro atoms. The van der Waals surface area contributed by atoms with Crippen LogP contribution >= 0.6 is 0 Å². The van der Waals surface area contributed by atoms with Crippen LogP contribution in [0.2, 0.25) is 0 Å². The van der Waals surface area contributed by atoms with Gasteiger partial charge in [-0.15, -0.1) is 0 Å². The fourth-order valence-electron chi connectivity index (χ4n) is 3.79. The van der Waals surface area contributed by atoms with Crippen molar-refractivity contribution in [3.8, 4) is 33.8 Å². The zero-order valence-corrected chi connectivity index (χ0v) is 19.2. The van der Waals surface area contributed by atoms with Crippen LogP contribution in [0.25, 0.3) is 44.9 Å². The average Bonchev–Trinajstić information content (AvgIpc) is 3.27. The van der Waals surface area contributed by atoms with Crippen molar-refractivity contribution in [2.75, 3.05) is 0 Å². The van der Waals surface area contributed by atoms with Gasteiger partial charge in [0, 0.05) is 29.9 Å². The van der Waals surface area contributed by atoms with Crippen molar-refractivity contribution >= 4 is 11.2 Å². The Kier molecular flexibility index (Phi) is 5.50. The maximum Gasteiger partial charge on any atom is 0.419 e. The van der Waals surface area contributed by atoms with Crippen molar-refractivity contribution in [1.82, 2.24) is 29.7 Å². The standard InChI is InChI=1S/C25H17F5N6/c1-12-13(2)33-24-22(32-12)21(17-7-8-18(25(28,29)30)20(27)19(17)26)34-23(35-24)15-6-4-5-14(9-15)16-10-31-36(3)11-16/h4-11H,1-3H3. The lowest BCUT2D eigenvalue weighted by molar-refractivity contribution is -0.140. The molecule has 11 heteroatoms. The molecule has 0 bridgehead atoms. The summed E-state index contributed by atoms with van der Waals surface area (Å²) < 4.78 is 70.5. The largest absolute Gasteiger partial charge is 0.419 e. The number of aryl methyl sites for hydroxylation is 3. The van der Waals surface area contributed by atoms with E-state index in [2.05, 4.69) is 25.0 Å². The second kappa shape index (κ2) is 8.43. The first-order valence-corrected chi connectivity index (χ1v) is 10.7. The van der Waals surface area contributed by atoms with Gasteiger partial charge in [-0.25, -0.2) is 28.7 Å². The molecule has 0 saturated heterocycles. The number of hydrogen-bond donors (Lipinski definition) is 0. The molecule has 0 aliphatic heterocycles. The summed E-state index contributed by atoms with van der Waals surface area (Å²) in [6.07, 6.45) is -1.55. The highest BCUT2D eigenvalue weighted by Crippen LogP contribution is 2.37. The quantitative estimate of drug-likeness (QED) is 0.284. The van der Waals surface area contributed by atoms with Gasteiger partial charge >= 0.3 is 6.18 Å². The van der Waals surface area contributed by atoms with E-state index in [0.717, 1.165) is 17.2 Å². The van der Waals surface area contributed by atoms with Gasteiger partial charge in [0.2, 0.25) is 0 Å². The molecule has 36 heavy (non-hydrogen) atoms. The van der Waals surface area contributed by atoms with Crippen molar-refractivity contribution in [2.24, 2.45) is 7.05 Å². The summed E-state index contributed by atoms with van der Waals surface area (Å²) in [5, 5.41) is 4.16. The van der Waals surface area contributed by atoms with E-state index in [1.54, 1.807) is 50.0 Å². The molecule has 3 heterocycles. The van der Waals surface area contributed by atoms with Gasteiger partial charge in [-0.2, -0.15) is 18.3 Å². The lowest BCUT2D eigenvalue weighted by atomic mass is 10.0. The summed E-state index contributed by atoms with van der Waals surface area (Å²) in [6, 6.07) is 8.48. The second-order valence-corrected chi connectivity index (χ2v) is 8.23. The first-order valence-electron chi connectivity index (χ1n) is 10.7. The topological polar surface area (TPSA) is 69.4 Å². The maximum absolute atomic E-state index is 15.0. The van der Waals surface area contributed by atoms with E-state index in [0.29, 0.717) is 23.0 Å². The fourth-order valence-corrected chi connectivity index (χ4v) is 3.79. The normalized spacial score (nSPS) is 11.9. The van der Waals surface area contributed by atoms with Gasteiger partial charge in [0.25, 0.3) is 0 Å². The maximum atomic E-state index is 15.0. The Balaban J connectivity index is 1.76. The number of fused-ring (bicyclic) bond motifs is 1. The van der Waals surface area contributed by atoms with Crippen LogP contribution in [0.15, 0.2) is 48.8 Å². The van der Waals surface area contributed by atoms with Gasteiger partial charge in [0.05, 0.1) is 23.1 Å². The Bertz CT molecular complexity index is 1640. The minimum atomic E-state index is -5.05. The molecule has 0 N–H and O–H groups in total. The summed E-state index contributed by atoms with van der Waals surface area (Å²) in [5.74, 6) is -3.57. The van der Waals surface area contributed by atoms with Crippen molar-refractivity contribution in [3.63, 3.8) is 0 Å². The van der Waals surface area contributed by atoms with Crippen molar-refractivity contribution in [1.29, 1.82) is 0 Å². The van der Waals surface area contributed by atoms with Crippen LogP contribution in [0.3, 0.4) is 0 Å². The number of alkyl halides is 3. The zero-order valence-electron chi connectivity index (χ0n) is 19.2. The number of aromatic nitrogens is 6. The van der Waals surface area contributed by atoms with Gasteiger partial charge < -0.3 is 0 Å². The minimum absolute atomic E-state index is 0.0447.